The molecule has 1 heterocycles. The summed E-state index contributed by atoms with van der Waals surface area (Å²) in [5.74, 6) is -0.737. The van der Waals surface area contributed by atoms with Crippen molar-refractivity contribution in [3.8, 4) is 0 Å². The highest BCUT2D eigenvalue weighted by Crippen LogP contribution is 2.15. The molecule has 0 saturated carbocycles. The lowest BCUT2D eigenvalue weighted by molar-refractivity contribution is -0.136. The van der Waals surface area contributed by atoms with Crippen LogP contribution in [0.15, 0.2) is 51.6 Å². The molecule has 0 aliphatic rings. The largest absolute Gasteiger partial charge is 0.454 e. The molecule has 0 aliphatic carbocycles. The second-order valence-electron chi connectivity index (χ2n) is 5.73. The molecule has 1 N–H and O–H groups in total. The molecule has 1 aromatic carbocycles. The van der Waals surface area contributed by atoms with Crippen molar-refractivity contribution in [2.45, 2.75) is 13.8 Å². The van der Waals surface area contributed by atoms with Crippen molar-refractivity contribution < 1.29 is 23.5 Å². The van der Waals surface area contributed by atoms with Gasteiger partial charge >= 0.3 is 5.97 Å². The van der Waals surface area contributed by atoms with Gasteiger partial charge in [-0.15, -0.1) is 0 Å². The van der Waals surface area contributed by atoms with Crippen LogP contribution < -0.4 is 5.32 Å². The molecule has 1 amide bonds. The van der Waals surface area contributed by atoms with E-state index in [0.29, 0.717) is 21.7 Å². The highest BCUT2D eigenvalue weighted by molar-refractivity contribution is 9.10. The maximum Gasteiger partial charge on any atom is 0.331 e. The monoisotopic (exact) mass is 419 g/mol. The number of hydrogen-bond acceptors (Lipinski definition) is 5. The maximum atomic E-state index is 12.1. The fraction of sp³-hybridized carbons (Fsp3) is 0.211. The summed E-state index contributed by atoms with van der Waals surface area (Å²) in [5.41, 5.74) is 0.990. The zero-order valence-electron chi connectivity index (χ0n) is 14.3. The molecule has 0 atom stereocenters. The van der Waals surface area contributed by atoms with Crippen LogP contribution in [-0.4, -0.2) is 24.3 Å². The minimum atomic E-state index is -0.647. The Kier molecular flexibility index (Phi) is 6.91. The molecule has 0 radical (unpaired) electrons. The first kappa shape index (κ1) is 19.7. The van der Waals surface area contributed by atoms with Gasteiger partial charge in [0.2, 0.25) is 5.91 Å². The van der Waals surface area contributed by atoms with Gasteiger partial charge in [0, 0.05) is 23.2 Å². The third-order valence-corrected chi connectivity index (χ3v) is 3.75. The van der Waals surface area contributed by atoms with Crippen LogP contribution in [0, 0.1) is 5.92 Å². The fourth-order valence-electron chi connectivity index (χ4n) is 1.86. The van der Waals surface area contributed by atoms with Gasteiger partial charge in [0.1, 0.15) is 5.76 Å². The highest BCUT2D eigenvalue weighted by Gasteiger charge is 2.10. The first-order chi connectivity index (χ1) is 12.3. The van der Waals surface area contributed by atoms with Crippen LogP contribution in [0.1, 0.15) is 30.0 Å². The van der Waals surface area contributed by atoms with Crippen molar-refractivity contribution >= 4 is 45.4 Å². The molecule has 7 heteroatoms. The second kappa shape index (κ2) is 9.15. The Labute approximate surface area is 159 Å². The number of halogens is 1. The lowest BCUT2D eigenvalue weighted by Crippen LogP contribution is -2.18. The zero-order chi connectivity index (χ0) is 19.1. The van der Waals surface area contributed by atoms with E-state index in [1.807, 2.05) is 0 Å². The molecular weight excluding hydrogens is 402 g/mol. The van der Waals surface area contributed by atoms with Crippen LogP contribution in [0.2, 0.25) is 0 Å². The Hall–Kier alpha value is -2.67. The van der Waals surface area contributed by atoms with Gasteiger partial charge in [0.05, 0.1) is 0 Å². The van der Waals surface area contributed by atoms with Gasteiger partial charge < -0.3 is 14.5 Å². The predicted octanol–water partition coefficient (Wildman–Crippen LogP) is 4.08. The van der Waals surface area contributed by atoms with E-state index >= 15 is 0 Å². The average molecular weight is 420 g/mol. The van der Waals surface area contributed by atoms with Crippen molar-refractivity contribution in [2.24, 2.45) is 5.92 Å². The smallest absolute Gasteiger partial charge is 0.331 e. The number of furan rings is 1. The second-order valence-corrected chi connectivity index (χ2v) is 6.51. The SMILES string of the molecule is CC(C)C(=O)Nc1ccc(C(=O)COC(=O)/C=C/c2ccc(Br)o2)cc1. The quantitative estimate of drug-likeness (QED) is 0.415. The van der Waals surface area contributed by atoms with Crippen LogP contribution in [0.5, 0.6) is 0 Å². The molecule has 0 saturated heterocycles. The molecule has 0 spiro atoms. The summed E-state index contributed by atoms with van der Waals surface area (Å²) in [6, 6.07) is 9.78. The van der Waals surface area contributed by atoms with E-state index in [4.69, 9.17) is 9.15 Å². The molecule has 2 rings (SSSR count). The Morgan fingerprint density at radius 3 is 2.42 bits per heavy atom. The fourth-order valence-corrected chi connectivity index (χ4v) is 2.18. The van der Waals surface area contributed by atoms with E-state index in [1.165, 1.54) is 12.2 Å². The van der Waals surface area contributed by atoms with Gasteiger partial charge in [-0.1, -0.05) is 13.8 Å². The number of nitrogens with one attached hydrogen (secondary N) is 1. The van der Waals surface area contributed by atoms with Crippen LogP contribution in [-0.2, 0) is 14.3 Å². The topological polar surface area (TPSA) is 85.6 Å². The third-order valence-electron chi connectivity index (χ3n) is 3.32. The Balaban J connectivity index is 1.84. The number of anilines is 1. The normalized spacial score (nSPS) is 10.9. The predicted molar refractivity (Wildman–Crippen MR) is 101 cm³/mol. The summed E-state index contributed by atoms with van der Waals surface area (Å²) in [5, 5.41) is 2.73. The van der Waals surface area contributed by atoms with Gasteiger partial charge in [-0.05, 0) is 58.4 Å². The van der Waals surface area contributed by atoms with Crippen LogP contribution in [0.25, 0.3) is 6.08 Å². The molecule has 0 bridgehead atoms. The minimum Gasteiger partial charge on any atom is -0.454 e. The summed E-state index contributed by atoms with van der Waals surface area (Å²) in [7, 11) is 0. The molecule has 6 nitrogen and oxygen atoms in total. The number of carbonyl (C=O) groups excluding carboxylic acids is 3. The molecule has 1 aromatic heterocycles. The number of ketones is 1. The lowest BCUT2D eigenvalue weighted by Gasteiger charge is -2.08. The molecular formula is C19H18BrNO5. The number of rotatable bonds is 7. The summed E-state index contributed by atoms with van der Waals surface area (Å²) < 4.78 is 10.7. The molecule has 26 heavy (non-hydrogen) atoms. The van der Waals surface area contributed by atoms with Gasteiger partial charge in [0.15, 0.2) is 17.1 Å². The van der Waals surface area contributed by atoms with Gasteiger partial charge in [-0.2, -0.15) is 0 Å². The van der Waals surface area contributed by atoms with E-state index in [2.05, 4.69) is 21.2 Å². The van der Waals surface area contributed by atoms with E-state index in [9.17, 15) is 14.4 Å². The molecule has 136 valence electrons. The van der Waals surface area contributed by atoms with Crippen molar-refractivity contribution in [3.05, 3.63) is 58.5 Å². The van der Waals surface area contributed by atoms with E-state index in [1.54, 1.807) is 50.2 Å². The number of ether oxygens (including phenoxy) is 1. The molecule has 2 aromatic rings. The van der Waals surface area contributed by atoms with Crippen molar-refractivity contribution in [2.75, 3.05) is 11.9 Å². The summed E-state index contributed by atoms with van der Waals surface area (Å²) >= 11 is 3.16. The first-order valence-electron chi connectivity index (χ1n) is 7.89. The number of benzene rings is 1. The highest BCUT2D eigenvalue weighted by atomic mass is 79.9. The zero-order valence-corrected chi connectivity index (χ0v) is 15.9. The van der Waals surface area contributed by atoms with Crippen molar-refractivity contribution in [1.29, 1.82) is 0 Å². The van der Waals surface area contributed by atoms with Gasteiger partial charge in [-0.25, -0.2) is 4.79 Å². The number of amides is 1. The van der Waals surface area contributed by atoms with Gasteiger partial charge in [-0.3, -0.25) is 9.59 Å². The Morgan fingerprint density at radius 1 is 1.15 bits per heavy atom. The van der Waals surface area contributed by atoms with E-state index in [0.717, 1.165) is 0 Å². The van der Waals surface area contributed by atoms with E-state index < -0.39 is 5.97 Å². The first-order valence-corrected chi connectivity index (χ1v) is 8.69. The Bertz CT molecular complexity index is 821. The Morgan fingerprint density at radius 2 is 1.85 bits per heavy atom. The van der Waals surface area contributed by atoms with E-state index in [-0.39, 0.29) is 24.2 Å². The minimum absolute atomic E-state index is 0.103. The third kappa shape index (κ3) is 6.00. The molecule has 0 unspecified atom stereocenters. The van der Waals surface area contributed by atoms with Crippen LogP contribution in [0.3, 0.4) is 0 Å². The molecule has 0 fully saturated rings. The average Bonchev–Trinajstić information content (AvgIpc) is 3.03. The van der Waals surface area contributed by atoms with Crippen LogP contribution in [0.4, 0.5) is 5.69 Å². The number of Topliss-reactive ketones (excluding diaryl/α,β-unsaturated/α-hetero) is 1. The van der Waals surface area contributed by atoms with Crippen molar-refractivity contribution in [1.82, 2.24) is 0 Å². The van der Waals surface area contributed by atoms with Crippen molar-refractivity contribution in [3.63, 3.8) is 0 Å². The number of hydrogen-bond donors (Lipinski definition) is 1. The summed E-state index contributed by atoms with van der Waals surface area (Å²) in [6.07, 6.45) is 2.63. The van der Waals surface area contributed by atoms with Crippen LogP contribution >= 0.6 is 15.9 Å². The molecule has 0 aliphatic heterocycles. The lowest BCUT2D eigenvalue weighted by atomic mass is 10.1. The summed E-state index contributed by atoms with van der Waals surface area (Å²) in [6.45, 7) is 3.21. The number of esters is 1. The standard InChI is InChI=1S/C19H18BrNO5/c1-12(2)19(24)21-14-5-3-13(4-6-14)16(22)11-25-18(23)10-8-15-7-9-17(20)26-15/h3-10,12H,11H2,1-2H3,(H,21,24)/b10-8+. The summed E-state index contributed by atoms with van der Waals surface area (Å²) in [4.78, 5) is 35.3. The van der Waals surface area contributed by atoms with Gasteiger partial charge in [0.25, 0.3) is 0 Å². The maximum absolute atomic E-state index is 12.1. The number of carbonyl (C=O) groups is 3.